The van der Waals surface area contributed by atoms with Crippen LogP contribution in [-0.2, 0) is 13.1 Å². The maximum Gasteiger partial charge on any atom is 0.172 e. The van der Waals surface area contributed by atoms with Gasteiger partial charge < -0.3 is 14.9 Å². The zero-order chi connectivity index (χ0) is 19.3. The largest absolute Gasteiger partial charge is 0.396 e. The maximum absolute atomic E-state index is 9.39. The van der Waals surface area contributed by atoms with Crippen LogP contribution in [-0.4, -0.2) is 75.6 Å². The van der Waals surface area contributed by atoms with Crippen LogP contribution in [0.25, 0.3) is 0 Å². The van der Waals surface area contributed by atoms with Gasteiger partial charge in [0.25, 0.3) is 0 Å². The van der Waals surface area contributed by atoms with Gasteiger partial charge >= 0.3 is 0 Å². The molecule has 2 aromatic rings. The molecule has 0 aromatic carbocycles. The molecule has 0 bridgehead atoms. The van der Waals surface area contributed by atoms with Gasteiger partial charge in [-0.05, 0) is 25.7 Å². The molecule has 8 heteroatoms. The van der Waals surface area contributed by atoms with Crippen molar-refractivity contribution in [3.8, 4) is 0 Å². The summed E-state index contributed by atoms with van der Waals surface area (Å²) in [5.74, 6) is 2.43. The lowest BCUT2D eigenvalue weighted by atomic mass is 9.98. The number of aromatic nitrogens is 4. The molecule has 28 heavy (non-hydrogen) atoms. The minimum Gasteiger partial charge on any atom is -0.396 e. The highest BCUT2D eigenvalue weighted by molar-refractivity contribution is 5.62. The second-order valence-electron chi connectivity index (χ2n) is 7.78. The lowest BCUT2D eigenvalue weighted by molar-refractivity contribution is 0.202. The molecule has 0 amide bonds. The zero-order valence-electron chi connectivity index (χ0n) is 16.7. The topological polar surface area (TPSA) is 73.5 Å². The third-order valence-electron chi connectivity index (χ3n) is 5.92. The first-order valence-corrected chi connectivity index (χ1v) is 10.4. The quantitative estimate of drug-likeness (QED) is 0.801. The molecule has 0 saturated carbocycles. The SMILES string of the molecule is CCn1cc(CN2CCN(c3nccnc3N3CCC(CO)CC3)CC2)cn1. The number of piperidine rings is 1. The number of anilines is 2. The van der Waals surface area contributed by atoms with Crippen molar-refractivity contribution in [1.29, 1.82) is 0 Å². The Labute approximate surface area is 166 Å². The van der Waals surface area contributed by atoms with Crippen molar-refractivity contribution in [3.63, 3.8) is 0 Å². The summed E-state index contributed by atoms with van der Waals surface area (Å²) in [6.45, 7) is 10.1. The second kappa shape index (κ2) is 8.87. The smallest absolute Gasteiger partial charge is 0.172 e. The molecule has 8 nitrogen and oxygen atoms in total. The predicted octanol–water partition coefficient (Wildman–Crippen LogP) is 1.22. The van der Waals surface area contributed by atoms with Crippen LogP contribution in [0.3, 0.4) is 0 Å². The summed E-state index contributed by atoms with van der Waals surface area (Å²) in [6, 6.07) is 0. The number of aliphatic hydroxyl groups excluding tert-OH is 1. The summed E-state index contributed by atoms with van der Waals surface area (Å²) in [6.07, 6.45) is 9.75. The first kappa shape index (κ1) is 19.1. The van der Waals surface area contributed by atoms with Crippen LogP contribution in [0.1, 0.15) is 25.3 Å². The van der Waals surface area contributed by atoms with E-state index in [4.69, 9.17) is 0 Å². The van der Waals surface area contributed by atoms with Gasteiger partial charge in [-0.1, -0.05) is 0 Å². The van der Waals surface area contributed by atoms with E-state index in [1.807, 2.05) is 10.9 Å². The van der Waals surface area contributed by atoms with Gasteiger partial charge in [-0.3, -0.25) is 9.58 Å². The van der Waals surface area contributed by atoms with Gasteiger partial charge in [-0.2, -0.15) is 5.10 Å². The Hall–Kier alpha value is -2.19. The fraction of sp³-hybridized carbons (Fsp3) is 0.650. The van der Waals surface area contributed by atoms with Crippen molar-refractivity contribution < 1.29 is 5.11 Å². The van der Waals surface area contributed by atoms with Crippen LogP contribution >= 0.6 is 0 Å². The number of rotatable bonds is 6. The van der Waals surface area contributed by atoms with Crippen molar-refractivity contribution in [2.45, 2.75) is 32.9 Å². The summed E-state index contributed by atoms with van der Waals surface area (Å²) in [7, 11) is 0. The zero-order valence-corrected chi connectivity index (χ0v) is 16.7. The molecule has 0 atom stereocenters. The first-order chi connectivity index (χ1) is 13.8. The third-order valence-corrected chi connectivity index (χ3v) is 5.92. The molecule has 2 aliphatic heterocycles. The van der Waals surface area contributed by atoms with E-state index in [9.17, 15) is 5.11 Å². The highest BCUT2D eigenvalue weighted by atomic mass is 16.3. The lowest BCUT2D eigenvalue weighted by Gasteiger charge is -2.38. The van der Waals surface area contributed by atoms with Gasteiger partial charge in [-0.25, -0.2) is 9.97 Å². The van der Waals surface area contributed by atoms with E-state index >= 15 is 0 Å². The van der Waals surface area contributed by atoms with Crippen molar-refractivity contribution >= 4 is 11.6 Å². The number of nitrogens with zero attached hydrogens (tertiary/aromatic N) is 7. The Morgan fingerprint density at radius 3 is 2.18 bits per heavy atom. The first-order valence-electron chi connectivity index (χ1n) is 10.4. The van der Waals surface area contributed by atoms with Gasteiger partial charge in [0, 0.05) is 83.1 Å². The highest BCUT2D eigenvalue weighted by Gasteiger charge is 2.26. The number of piperazine rings is 1. The van der Waals surface area contributed by atoms with E-state index in [1.165, 1.54) is 5.56 Å². The highest BCUT2D eigenvalue weighted by Crippen LogP contribution is 2.29. The standard InChI is InChI=1S/C20H31N7O/c1-2-27-15-18(13-23-27)14-24-9-11-26(12-10-24)20-19(21-5-6-22-20)25-7-3-17(16-28)4-8-25/h5-6,13,15,17,28H,2-4,7-12,14,16H2,1H3. The Balaban J connectivity index is 1.37. The number of aliphatic hydroxyl groups is 1. The molecule has 4 rings (SSSR count). The van der Waals surface area contributed by atoms with Crippen LogP contribution in [0.4, 0.5) is 11.6 Å². The Kier molecular flexibility index (Phi) is 6.07. The third kappa shape index (κ3) is 4.28. The molecular formula is C20H31N7O. The minimum absolute atomic E-state index is 0.292. The van der Waals surface area contributed by atoms with Crippen LogP contribution in [0.15, 0.2) is 24.8 Å². The minimum atomic E-state index is 0.292. The summed E-state index contributed by atoms with van der Waals surface area (Å²) < 4.78 is 1.98. The second-order valence-corrected chi connectivity index (χ2v) is 7.78. The lowest BCUT2D eigenvalue weighted by Crippen LogP contribution is -2.47. The van der Waals surface area contributed by atoms with Crippen LogP contribution < -0.4 is 9.80 Å². The Morgan fingerprint density at radius 1 is 0.964 bits per heavy atom. The fourth-order valence-corrected chi connectivity index (χ4v) is 4.13. The summed E-state index contributed by atoms with van der Waals surface area (Å²) in [5.41, 5.74) is 1.28. The van der Waals surface area contributed by atoms with E-state index in [0.29, 0.717) is 12.5 Å². The monoisotopic (exact) mass is 385 g/mol. The van der Waals surface area contributed by atoms with Gasteiger partial charge in [0.2, 0.25) is 0 Å². The fourth-order valence-electron chi connectivity index (χ4n) is 4.13. The molecule has 152 valence electrons. The van der Waals surface area contributed by atoms with Crippen LogP contribution in [0.2, 0.25) is 0 Å². The molecule has 1 N–H and O–H groups in total. The molecule has 2 aromatic heterocycles. The van der Waals surface area contributed by atoms with Gasteiger partial charge in [0.15, 0.2) is 11.6 Å². The number of aryl methyl sites for hydroxylation is 1. The van der Waals surface area contributed by atoms with E-state index < -0.39 is 0 Å². The Morgan fingerprint density at radius 2 is 1.61 bits per heavy atom. The van der Waals surface area contributed by atoms with Crippen LogP contribution in [0, 0.1) is 5.92 Å². The van der Waals surface area contributed by atoms with Crippen molar-refractivity contribution in [3.05, 3.63) is 30.4 Å². The normalized spacial score (nSPS) is 19.4. The molecule has 0 radical (unpaired) electrons. The van der Waals surface area contributed by atoms with Gasteiger partial charge in [0.1, 0.15) is 0 Å². The molecule has 0 spiro atoms. The molecule has 0 aliphatic carbocycles. The number of hydrogen-bond donors (Lipinski definition) is 1. The van der Waals surface area contributed by atoms with Gasteiger partial charge in [-0.15, -0.1) is 0 Å². The summed E-state index contributed by atoms with van der Waals surface area (Å²) in [4.78, 5) is 16.5. The predicted molar refractivity (Wildman–Crippen MR) is 109 cm³/mol. The molecular weight excluding hydrogens is 354 g/mol. The molecule has 2 fully saturated rings. The average Bonchev–Trinajstić information content (AvgIpc) is 3.22. The van der Waals surface area contributed by atoms with Crippen LogP contribution in [0.5, 0.6) is 0 Å². The van der Waals surface area contributed by atoms with Gasteiger partial charge in [0.05, 0.1) is 6.20 Å². The summed E-state index contributed by atoms with van der Waals surface area (Å²) in [5, 5.41) is 13.8. The number of hydrogen-bond acceptors (Lipinski definition) is 7. The van der Waals surface area contributed by atoms with E-state index in [1.54, 1.807) is 12.4 Å². The average molecular weight is 386 g/mol. The molecule has 4 heterocycles. The van der Waals surface area contributed by atoms with Crippen molar-refractivity contribution in [2.75, 3.05) is 55.7 Å². The molecule has 2 saturated heterocycles. The van der Waals surface area contributed by atoms with E-state index in [-0.39, 0.29) is 0 Å². The van der Waals surface area contributed by atoms with E-state index in [0.717, 1.165) is 76.8 Å². The Bertz CT molecular complexity index is 749. The molecule has 2 aliphatic rings. The van der Waals surface area contributed by atoms with Crippen molar-refractivity contribution in [2.24, 2.45) is 5.92 Å². The molecule has 0 unspecified atom stereocenters. The summed E-state index contributed by atoms with van der Waals surface area (Å²) >= 11 is 0. The maximum atomic E-state index is 9.39. The van der Waals surface area contributed by atoms with Crippen molar-refractivity contribution in [1.82, 2.24) is 24.6 Å². The van der Waals surface area contributed by atoms with E-state index in [2.05, 4.69) is 42.9 Å².